The lowest BCUT2D eigenvalue weighted by atomic mass is 9.99. The highest BCUT2D eigenvalue weighted by atomic mass is 35.5. The van der Waals surface area contributed by atoms with Crippen LogP contribution in [0.2, 0.25) is 0 Å². The Morgan fingerprint density at radius 3 is 2.36 bits per heavy atom. The number of nitrogens with zero attached hydrogens (tertiary/aromatic N) is 1. The Morgan fingerprint density at radius 1 is 1.23 bits per heavy atom. The lowest BCUT2D eigenvalue weighted by Gasteiger charge is -2.35. The van der Waals surface area contributed by atoms with Crippen molar-refractivity contribution in [1.29, 1.82) is 0 Å². The average Bonchev–Trinajstić information content (AvgIpc) is 2.48. The maximum Gasteiger partial charge on any atom is 0.416 e. The zero-order chi connectivity index (χ0) is 15.5. The van der Waals surface area contributed by atoms with Crippen LogP contribution < -0.4 is 10.1 Å². The van der Waals surface area contributed by atoms with Crippen molar-refractivity contribution >= 4 is 12.4 Å². The molecule has 0 aliphatic carbocycles. The average molecular weight is 339 g/mol. The summed E-state index contributed by atoms with van der Waals surface area (Å²) in [5.74, 6) is 0.258. The van der Waals surface area contributed by atoms with Gasteiger partial charge in [-0.05, 0) is 30.2 Å². The van der Waals surface area contributed by atoms with E-state index < -0.39 is 11.7 Å². The first-order valence-electron chi connectivity index (χ1n) is 7.16. The van der Waals surface area contributed by atoms with Gasteiger partial charge in [0.25, 0.3) is 0 Å². The van der Waals surface area contributed by atoms with E-state index in [1.54, 1.807) is 6.07 Å². The summed E-state index contributed by atoms with van der Waals surface area (Å²) in [6.45, 7) is 5.42. The summed E-state index contributed by atoms with van der Waals surface area (Å²) in [5.41, 5.74) is 0.0245. The number of benzene rings is 1. The molecular weight excluding hydrogens is 317 g/mol. The fourth-order valence-corrected chi connectivity index (χ4v) is 2.79. The van der Waals surface area contributed by atoms with Gasteiger partial charge < -0.3 is 10.1 Å². The predicted octanol–water partition coefficient (Wildman–Crippen LogP) is 3.49. The summed E-state index contributed by atoms with van der Waals surface area (Å²) in [7, 11) is 1.39. The van der Waals surface area contributed by atoms with Crippen LogP contribution in [0.15, 0.2) is 18.2 Å². The number of ether oxygens (including phenoxy) is 1. The quantitative estimate of drug-likeness (QED) is 0.909. The van der Waals surface area contributed by atoms with Crippen molar-refractivity contribution in [3.63, 3.8) is 0 Å². The molecule has 1 N–H and O–H groups in total. The van der Waals surface area contributed by atoms with Crippen LogP contribution in [0.5, 0.6) is 5.75 Å². The molecule has 0 spiro atoms. The molecular formula is C15H22ClF3N2O. The summed E-state index contributed by atoms with van der Waals surface area (Å²) >= 11 is 0. The molecule has 0 bridgehead atoms. The lowest BCUT2D eigenvalue weighted by Crippen LogP contribution is -2.45. The molecule has 1 fully saturated rings. The smallest absolute Gasteiger partial charge is 0.416 e. The summed E-state index contributed by atoms with van der Waals surface area (Å²) in [6.07, 6.45) is -3.59. The van der Waals surface area contributed by atoms with Gasteiger partial charge in [0.05, 0.1) is 12.7 Å². The number of piperazine rings is 1. The van der Waals surface area contributed by atoms with Gasteiger partial charge in [-0.2, -0.15) is 13.2 Å². The summed E-state index contributed by atoms with van der Waals surface area (Å²) in [4.78, 5) is 2.23. The van der Waals surface area contributed by atoms with Crippen LogP contribution in [0.1, 0.15) is 30.5 Å². The first kappa shape index (κ1) is 19.1. The molecule has 1 aliphatic rings. The highest BCUT2D eigenvalue weighted by Crippen LogP contribution is 2.36. The molecule has 22 heavy (non-hydrogen) atoms. The minimum Gasteiger partial charge on any atom is -0.497 e. The van der Waals surface area contributed by atoms with E-state index in [1.165, 1.54) is 13.2 Å². The SMILES string of the molecule is CC[C@H](c1cc(OC)cc(C(F)(F)F)c1)N1CCNCC1.Cl. The Labute approximate surface area is 135 Å². The predicted molar refractivity (Wildman–Crippen MR) is 82.7 cm³/mol. The Morgan fingerprint density at radius 2 is 1.86 bits per heavy atom. The molecule has 1 aromatic carbocycles. The van der Waals surface area contributed by atoms with Gasteiger partial charge in [0.1, 0.15) is 5.75 Å². The van der Waals surface area contributed by atoms with E-state index in [-0.39, 0.29) is 24.2 Å². The summed E-state index contributed by atoms with van der Waals surface area (Å²) in [6, 6.07) is 4.00. The maximum absolute atomic E-state index is 13.0. The Balaban J connectivity index is 0.00000242. The molecule has 0 amide bonds. The van der Waals surface area contributed by atoms with E-state index in [9.17, 15) is 13.2 Å². The number of hydrogen-bond acceptors (Lipinski definition) is 3. The van der Waals surface area contributed by atoms with E-state index in [1.807, 2.05) is 6.92 Å². The van der Waals surface area contributed by atoms with Gasteiger partial charge in [0, 0.05) is 32.2 Å². The number of hydrogen-bond donors (Lipinski definition) is 1. The number of nitrogens with one attached hydrogen (secondary N) is 1. The third-order valence-corrected chi connectivity index (χ3v) is 3.86. The molecule has 1 atom stereocenters. The van der Waals surface area contributed by atoms with E-state index in [4.69, 9.17) is 4.74 Å². The third-order valence-electron chi connectivity index (χ3n) is 3.86. The molecule has 2 rings (SSSR count). The van der Waals surface area contributed by atoms with Crippen LogP contribution in [0, 0.1) is 0 Å². The largest absolute Gasteiger partial charge is 0.497 e. The van der Waals surface area contributed by atoms with Crippen molar-refractivity contribution in [2.24, 2.45) is 0 Å². The second-order valence-electron chi connectivity index (χ2n) is 5.20. The molecule has 1 aromatic rings. The number of halogens is 4. The molecule has 0 unspecified atom stereocenters. The normalized spacial score (nSPS) is 17.7. The maximum atomic E-state index is 13.0. The molecule has 7 heteroatoms. The Hall–Kier alpha value is -0.980. The van der Waals surface area contributed by atoms with Crippen LogP contribution >= 0.6 is 12.4 Å². The van der Waals surface area contributed by atoms with Crippen molar-refractivity contribution in [2.45, 2.75) is 25.6 Å². The lowest BCUT2D eigenvalue weighted by molar-refractivity contribution is -0.137. The van der Waals surface area contributed by atoms with Crippen LogP contribution in [-0.4, -0.2) is 38.2 Å². The third kappa shape index (κ3) is 4.51. The molecule has 1 heterocycles. The van der Waals surface area contributed by atoms with E-state index in [2.05, 4.69) is 10.2 Å². The zero-order valence-corrected chi connectivity index (χ0v) is 13.6. The first-order valence-corrected chi connectivity index (χ1v) is 7.16. The topological polar surface area (TPSA) is 24.5 Å². The number of methoxy groups -OCH3 is 1. The Bertz CT molecular complexity index is 476. The first-order chi connectivity index (χ1) is 9.95. The minimum atomic E-state index is -4.36. The molecule has 1 aliphatic heterocycles. The van der Waals surface area contributed by atoms with Gasteiger partial charge in [-0.3, -0.25) is 4.90 Å². The van der Waals surface area contributed by atoms with Gasteiger partial charge in [-0.25, -0.2) is 0 Å². The van der Waals surface area contributed by atoms with Gasteiger partial charge in [0.15, 0.2) is 0 Å². The van der Waals surface area contributed by atoms with Gasteiger partial charge in [-0.15, -0.1) is 12.4 Å². The standard InChI is InChI=1S/C15H21F3N2O.ClH/c1-3-14(20-6-4-19-5-7-20)11-8-12(15(16,17)18)10-13(9-11)21-2;/h8-10,14,19H,3-7H2,1-2H3;1H/t14-;/m1./s1. The Kier molecular flexibility index (Phi) is 6.97. The second kappa shape index (κ2) is 8.04. The summed E-state index contributed by atoms with van der Waals surface area (Å²) in [5, 5.41) is 3.26. The van der Waals surface area contributed by atoms with E-state index in [0.717, 1.165) is 38.7 Å². The van der Waals surface area contributed by atoms with Crippen LogP contribution in [0.4, 0.5) is 13.2 Å². The van der Waals surface area contributed by atoms with Gasteiger partial charge in [-0.1, -0.05) is 6.92 Å². The van der Waals surface area contributed by atoms with Gasteiger partial charge in [0.2, 0.25) is 0 Å². The molecule has 0 saturated carbocycles. The fourth-order valence-electron chi connectivity index (χ4n) is 2.79. The minimum absolute atomic E-state index is 0. The van der Waals surface area contributed by atoms with Crippen molar-refractivity contribution in [2.75, 3.05) is 33.3 Å². The van der Waals surface area contributed by atoms with Crippen molar-refractivity contribution in [1.82, 2.24) is 10.2 Å². The van der Waals surface area contributed by atoms with Gasteiger partial charge >= 0.3 is 6.18 Å². The van der Waals surface area contributed by atoms with E-state index >= 15 is 0 Å². The van der Waals surface area contributed by atoms with Crippen molar-refractivity contribution in [3.05, 3.63) is 29.3 Å². The molecule has 126 valence electrons. The summed E-state index contributed by atoms with van der Waals surface area (Å²) < 4.78 is 44.1. The zero-order valence-electron chi connectivity index (χ0n) is 12.7. The molecule has 1 saturated heterocycles. The van der Waals surface area contributed by atoms with E-state index in [0.29, 0.717) is 5.56 Å². The molecule has 3 nitrogen and oxygen atoms in total. The van der Waals surface area contributed by atoms with Crippen LogP contribution in [-0.2, 0) is 6.18 Å². The fraction of sp³-hybridized carbons (Fsp3) is 0.600. The second-order valence-corrected chi connectivity index (χ2v) is 5.20. The van der Waals surface area contributed by atoms with Crippen molar-refractivity contribution < 1.29 is 17.9 Å². The monoisotopic (exact) mass is 338 g/mol. The van der Waals surface area contributed by atoms with Crippen LogP contribution in [0.25, 0.3) is 0 Å². The molecule has 0 radical (unpaired) electrons. The highest BCUT2D eigenvalue weighted by molar-refractivity contribution is 5.85. The van der Waals surface area contributed by atoms with Crippen LogP contribution in [0.3, 0.4) is 0 Å². The highest BCUT2D eigenvalue weighted by Gasteiger charge is 2.32. The van der Waals surface area contributed by atoms with Crippen molar-refractivity contribution in [3.8, 4) is 5.75 Å². The number of alkyl halides is 3. The molecule has 0 aromatic heterocycles. The number of rotatable bonds is 4.